The number of carbonyl (C=O) groups excluding carboxylic acids is 1. The van der Waals surface area contributed by atoms with Crippen LogP contribution in [-0.4, -0.2) is 48.4 Å². The molecule has 5 rings (SSSR count). The number of nitrogens with zero attached hydrogens (tertiary/aromatic N) is 2. The monoisotopic (exact) mass is 467 g/mol. The summed E-state index contributed by atoms with van der Waals surface area (Å²) in [7, 11) is 0. The highest BCUT2D eigenvalue weighted by Gasteiger charge is 2.41. The number of amidine groups is 1. The molecule has 1 aromatic carbocycles. The lowest BCUT2D eigenvalue weighted by Gasteiger charge is -2.39. The summed E-state index contributed by atoms with van der Waals surface area (Å²) in [5.74, 6) is 3.81. The van der Waals surface area contributed by atoms with Crippen molar-refractivity contribution in [1.82, 2.24) is 4.90 Å². The van der Waals surface area contributed by atoms with Crippen molar-refractivity contribution in [2.45, 2.75) is 97.2 Å². The maximum Gasteiger partial charge on any atom is 0.185 e. The number of aliphatic imine (C=N–C) groups is 1. The van der Waals surface area contributed by atoms with Crippen molar-refractivity contribution in [2.75, 3.05) is 25.1 Å². The molecule has 2 bridgehead atoms. The number of ether oxygens (including phenoxy) is 2. The second-order valence-electron chi connectivity index (χ2n) is 11.9. The first kappa shape index (κ1) is 23.7. The highest BCUT2D eigenvalue weighted by atomic mass is 16.5. The lowest BCUT2D eigenvalue weighted by Crippen LogP contribution is -2.46. The molecular weight excluding hydrogens is 426 g/mol. The van der Waals surface area contributed by atoms with Gasteiger partial charge >= 0.3 is 0 Å². The van der Waals surface area contributed by atoms with Crippen LogP contribution < -0.4 is 14.8 Å². The number of benzene rings is 1. The van der Waals surface area contributed by atoms with E-state index >= 15 is 0 Å². The normalized spacial score (nSPS) is 26.3. The third-order valence-electron chi connectivity index (χ3n) is 7.92. The summed E-state index contributed by atoms with van der Waals surface area (Å²) in [5, 5.41) is 3.61. The van der Waals surface area contributed by atoms with Crippen molar-refractivity contribution in [3.8, 4) is 11.5 Å². The zero-order chi connectivity index (χ0) is 23.7. The highest BCUT2D eigenvalue weighted by Crippen LogP contribution is 2.43. The number of nitrogens with one attached hydrogen (secondary N) is 1. The Labute approximate surface area is 204 Å². The number of fused-ring (bicyclic) bond motifs is 5. The number of rotatable bonds is 7. The van der Waals surface area contributed by atoms with E-state index in [1.165, 1.54) is 31.2 Å². The molecule has 0 aliphatic carbocycles. The molecule has 186 valence electrons. The molecule has 0 spiro atoms. The van der Waals surface area contributed by atoms with Crippen LogP contribution in [0.1, 0.15) is 84.1 Å². The van der Waals surface area contributed by atoms with Gasteiger partial charge < -0.3 is 14.8 Å². The molecule has 34 heavy (non-hydrogen) atoms. The Balaban J connectivity index is 1.16. The number of hydrogen-bond donors (Lipinski definition) is 1. The first-order valence-corrected chi connectivity index (χ1v) is 13.3. The van der Waals surface area contributed by atoms with E-state index in [2.05, 4.69) is 37.1 Å². The van der Waals surface area contributed by atoms with Gasteiger partial charge in [-0.1, -0.05) is 26.8 Å². The van der Waals surface area contributed by atoms with Gasteiger partial charge in [0.1, 0.15) is 11.6 Å². The van der Waals surface area contributed by atoms with Crippen molar-refractivity contribution >= 4 is 17.3 Å². The zero-order valence-electron chi connectivity index (χ0n) is 21.2. The molecule has 6 heteroatoms. The summed E-state index contributed by atoms with van der Waals surface area (Å²) in [6.45, 7) is 9.50. The van der Waals surface area contributed by atoms with Gasteiger partial charge in [-0.05, 0) is 55.9 Å². The van der Waals surface area contributed by atoms with Crippen LogP contribution in [0, 0.1) is 11.3 Å². The Morgan fingerprint density at radius 1 is 1.15 bits per heavy atom. The molecule has 2 saturated heterocycles. The fraction of sp³-hybridized carbons (Fsp3) is 0.714. The molecule has 1 aromatic rings. The van der Waals surface area contributed by atoms with Crippen molar-refractivity contribution < 1.29 is 14.3 Å². The summed E-state index contributed by atoms with van der Waals surface area (Å²) in [5.41, 5.74) is 2.53. The molecule has 4 aliphatic heterocycles. The maximum atomic E-state index is 12.7. The molecule has 0 radical (unpaired) electrons. The van der Waals surface area contributed by atoms with Crippen LogP contribution in [0.25, 0.3) is 0 Å². The van der Waals surface area contributed by atoms with Crippen LogP contribution in [0.2, 0.25) is 0 Å². The Hall–Kier alpha value is -2.08. The molecule has 0 saturated carbocycles. The van der Waals surface area contributed by atoms with Gasteiger partial charge in [-0.15, -0.1) is 0 Å². The SMILES string of the molecule is CC(C)(C)CCCC(=O)CN1[C@@H]2CC[C@H]1CC(CC1=NCc3ccc4c(c3N1)OCCCO4)C2. The second kappa shape index (κ2) is 9.88. The number of hydrogen-bond acceptors (Lipinski definition) is 6. The van der Waals surface area contributed by atoms with E-state index < -0.39 is 0 Å². The van der Waals surface area contributed by atoms with Gasteiger partial charge in [0.2, 0.25) is 0 Å². The smallest absolute Gasteiger partial charge is 0.185 e. The van der Waals surface area contributed by atoms with Crippen LogP contribution in [0.5, 0.6) is 11.5 Å². The fourth-order valence-electron chi connectivity index (χ4n) is 6.21. The topological polar surface area (TPSA) is 63.2 Å². The van der Waals surface area contributed by atoms with E-state index in [4.69, 9.17) is 14.5 Å². The molecule has 0 aromatic heterocycles. The standard InChI is InChI=1S/C28H41N3O3/c1-28(2,3)11-4-6-23(32)18-31-21-8-9-22(31)15-19(14-21)16-25-29-17-20-7-10-24-27(26(20)30-25)34-13-5-12-33-24/h7,10,19,21-22H,4-6,8-9,11-18H2,1-3H3,(H,29,30)/t19?,21-,22+. The van der Waals surface area contributed by atoms with E-state index in [1.54, 1.807) is 0 Å². The maximum absolute atomic E-state index is 12.7. The van der Waals surface area contributed by atoms with Gasteiger partial charge in [-0.25, -0.2) is 0 Å². The average Bonchev–Trinajstić information content (AvgIpc) is 2.98. The average molecular weight is 468 g/mol. The number of piperidine rings is 1. The van der Waals surface area contributed by atoms with E-state index in [9.17, 15) is 4.79 Å². The van der Waals surface area contributed by atoms with Gasteiger partial charge in [0.15, 0.2) is 11.5 Å². The van der Waals surface area contributed by atoms with Gasteiger partial charge in [-0.3, -0.25) is 14.7 Å². The Morgan fingerprint density at radius 3 is 2.68 bits per heavy atom. The molecule has 4 aliphatic rings. The van der Waals surface area contributed by atoms with Crippen LogP contribution in [0.4, 0.5) is 5.69 Å². The van der Waals surface area contributed by atoms with Crippen molar-refractivity contribution in [1.29, 1.82) is 0 Å². The Morgan fingerprint density at radius 2 is 1.91 bits per heavy atom. The molecular formula is C28H41N3O3. The Kier molecular flexibility index (Phi) is 6.88. The van der Waals surface area contributed by atoms with Crippen molar-refractivity contribution in [3.05, 3.63) is 17.7 Å². The summed E-state index contributed by atoms with van der Waals surface area (Å²) in [6.07, 6.45) is 9.56. The highest BCUT2D eigenvalue weighted by molar-refractivity contribution is 5.99. The first-order chi connectivity index (χ1) is 16.4. The van der Waals surface area contributed by atoms with Gasteiger partial charge in [0.05, 0.1) is 32.0 Å². The van der Waals surface area contributed by atoms with Crippen molar-refractivity contribution in [2.24, 2.45) is 16.3 Å². The predicted molar refractivity (Wildman–Crippen MR) is 136 cm³/mol. The van der Waals surface area contributed by atoms with Crippen LogP contribution in [0.3, 0.4) is 0 Å². The number of Topliss-reactive ketones (excluding diaryl/α,β-unsaturated/α-hetero) is 1. The summed E-state index contributed by atoms with van der Waals surface area (Å²) in [4.78, 5) is 20.1. The minimum absolute atomic E-state index is 0.311. The van der Waals surface area contributed by atoms with E-state index in [-0.39, 0.29) is 0 Å². The molecule has 1 N–H and O–H groups in total. The van der Waals surface area contributed by atoms with E-state index in [0.29, 0.717) is 55.5 Å². The summed E-state index contributed by atoms with van der Waals surface area (Å²) < 4.78 is 11.9. The third kappa shape index (κ3) is 5.42. The number of carbonyl (C=O) groups is 1. The quantitative estimate of drug-likeness (QED) is 0.566. The minimum atomic E-state index is 0.311. The summed E-state index contributed by atoms with van der Waals surface area (Å²) in [6, 6.07) is 5.23. The molecule has 2 fully saturated rings. The molecule has 4 heterocycles. The fourth-order valence-corrected chi connectivity index (χ4v) is 6.21. The first-order valence-electron chi connectivity index (χ1n) is 13.3. The van der Waals surface area contributed by atoms with Crippen LogP contribution in [0.15, 0.2) is 17.1 Å². The lowest BCUT2D eigenvalue weighted by molar-refractivity contribution is -0.121. The van der Waals surface area contributed by atoms with Gasteiger partial charge in [0.25, 0.3) is 0 Å². The second-order valence-corrected chi connectivity index (χ2v) is 11.9. The Bertz CT molecular complexity index is 922. The van der Waals surface area contributed by atoms with E-state index in [0.717, 1.165) is 55.1 Å². The van der Waals surface area contributed by atoms with Crippen molar-refractivity contribution in [3.63, 3.8) is 0 Å². The van der Waals surface area contributed by atoms with Gasteiger partial charge in [-0.2, -0.15) is 0 Å². The molecule has 0 amide bonds. The van der Waals surface area contributed by atoms with E-state index in [1.807, 2.05) is 6.07 Å². The number of anilines is 1. The zero-order valence-corrected chi connectivity index (χ0v) is 21.2. The third-order valence-corrected chi connectivity index (χ3v) is 7.92. The van der Waals surface area contributed by atoms with Crippen LogP contribution in [-0.2, 0) is 11.3 Å². The lowest BCUT2D eigenvalue weighted by atomic mass is 9.87. The molecule has 1 unspecified atom stereocenters. The number of ketones is 1. The van der Waals surface area contributed by atoms with Crippen LogP contribution >= 0.6 is 0 Å². The largest absolute Gasteiger partial charge is 0.489 e. The summed E-state index contributed by atoms with van der Waals surface area (Å²) >= 11 is 0. The minimum Gasteiger partial charge on any atom is -0.489 e. The molecule has 6 nitrogen and oxygen atoms in total. The predicted octanol–water partition coefficient (Wildman–Crippen LogP) is 5.59. The van der Waals surface area contributed by atoms with Gasteiger partial charge in [0, 0.05) is 36.9 Å². The molecule has 3 atom stereocenters.